The van der Waals surface area contributed by atoms with E-state index >= 15 is 0 Å². The van der Waals surface area contributed by atoms with Gasteiger partial charge in [0.05, 0.1) is 22.3 Å². The van der Waals surface area contributed by atoms with Gasteiger partial charge in [-0.15, -0.1) is 0 Å². The van der Waals surface area contributed by atoms with E-state index < -0.39 is 10.2 Å². The molecule has 27 heavy (non-hydrogen) atoms. The second-order valence-corrected chi connectivity index (χ2v) is 10.1. The van der Waals surface area contributed by atoms with Crippen molar-refractivity contribution in [2.24, 2.45) is 0 Å². The highest BCUT2D eigenvalue weighted by molar-refractivity contribution is 7.86. The summed E-state index contributed by atoms with van der Waals surface area (Å²) in [4.78, 5) is 2.04. The van der Waals surface area contributed by atoms with Gasteiger partial charge in [-0.3, -0.25) is 0 Å². The van der Waals surface area contributed by atoms with E-state index in [2.05, 4.69) is 0 Å². The molecule has 1 aliphatic heterocycles. The van der Waals surface area contributed by atoms with Crippen LogP contribution in [0.3, 0.4) is 0 Å². The molecule has 154 valence electrons. The summed E-state index contributed by atoms with van der Waals surface area (Å²) in [5, 5.41) is 0.881. The minimum atomic E-state index is -3.62. The van der Waals surface area contributed by atoms with Crippen molar-refractivity contribution in [2.45, 2.75) is 39.0 Å². The number of hydrogen-bond donors (Lipinski definition) is 0. The predicted octanol–water partition coefficient (Wildman–Crippen LogP) is 3.10. The van der Waals surface area contributed by atoms with Gasteiger partial charge in [0.2, 0.25) is 0 Å². The largest absolute Gasteiger partial charge is 0.373 e. The van der Waals surface area contributed by atoms with Crippen molar-refractivity contribution in [1.29, 1.82) is 0 Å². The SMILES string of the molecule is CC1CN(S(=O)(=O)N(CCCN(C)C)Cc2ccc(Cl)c(Cl)c2)CC(C)O1. The zero-order valence-corrected chi connectivity index (χ0v) is 18.7. The highest BCUT2D eigenvalue weighted by Gasteiger charge is 2.35. The van der Waals surface area contributed by atoms with Crippen LogP contribution < -0.4 is 0 Å². The molecule has 1 fully saturated rings. The Labute approximate surface area is 173 Å². The normalized spacial score (nSPS) is 21.9. The van der Waals surface area contributed by atoms with Gasteiger partial charge in [0, 0.05) is 26.2 Å². The van der Waals surface area contributed by atoms with E-state index in [1.807, 2.05) is 38.9 Å². The summed E-state index contributed by atoms with van der Waals surface area (Å²) < 4.78 is 35.4. The molecule has 2 rings (SSSR count). The van der Waals surface area contributed by atoms with Crippen molar-refractivity contribution in [1.82, 2.24) is 13.5 Å². The Balaban J connectivity index is 2.22. The molecule has 0 aliphatic carbocycles. The Morgan fingerprint density at radius 2 is 1.74 bits per heavy atom. The number of benzene rings is 1. The fraction of sp³-hybridized carbons (Fsp3) is 0.667. The summed E-state index contributed by atoms with van der Waals surface area (Å²) >= 11 is 12.1. The van der Waals surface area contributed by atoms with E-state index in [-0.39, 0.29) is 18.8 Å². The molecule has 0 aromatic heterocycles. The van der Waals surface area contributed by atoms with E-state index in [0.717, 1.165) is 18.5 Å². The average Bonchev–Trinajstić information content (AvgIpc) is 2.56. The fourth-order valence-electron chi connectivity index (χ4n) is 3.16. The van der Waals surface area contributed by atoms with Gasteiger partial charge in [-0.2, -0.15) is 17.0 Å². The number of rotatable bonds is 8. The topological polar surface area (TPSA) is 53.1 Å². The third kappa shape index (κ3) is 6.56. The van der Waals surface area contributed by atoms with Crippen LogP contribution in [-0.2, 0) is 21.5 Å². The van der Waals surface area contributed by atoms with Crippen molar-refractivity contribution in [3.05, 3.63) is 33.8 Å². The lowest BCUT2D eigenvalue weighted by Gasteiger charge is -2.37. The maximum atomic E-state index is 13.3. The molecule has 6 nitrogen and oxygen atoms in total. The molecule has 1 aromatic carbocycles. The molecule has 0 radical (unpaired) electrons. The number of nitrogens with zero attached hydrogens (tertiary/aromatic N) is 3. The molecule has 0 N–H and O–H groups in total. The first-order valence-corrected chi connectivity index (χ1v) is 11.2. The molecule has 2 atom stereocenters. The van der Waals surface area contributed by atoms with Gasteiger partial charge in [-0.25, -0.2) is 0 Å². The van der Waals surface area contributed by atoms with Gasteiger partial charge in [-0.05, 0) is 58.6 Å². The Morgan fingerprint density at radius 1 is 1.11 bits per heavy atom. The van der Waals surface area contributed by atoms with Crippen LogP contribution in [0.25, 0.3) is 0 Å². The van der Waals surface area contributed by atoms with E-state index in [4.69, 9.17) is 27.9 Å². The Bertz CT molecular complexity index is 721. The monoisotopic (exact) mass is 437 g/mol. The Kier molecular flexibility index (Phi) is 8.36. The quantitative estimate of drug-likeness (QED) is 0.626. The van der Waals surface area contributed by atoms with Gasteiger partial charge >= 0.3 is 0 Å². The Hall–Kier alpha value is -0.410. The van der Waals surface area contributed by atoms with Gasteiger partial charge < -0.3 is 9.64 Å². The molecular weight excluding hydrogens is 409 g/mol. The summed E-state index contributed by atoms with van der Waals surface area (Å²) in [6, 6.07) is 5.24. The molecule has 0 amide bonds. The standard InChI is InChI=1S/C18H29Cl2N3O3S/c1-14-11-23(12-15(2)26-14)27(24,25)22(9-5-8-21(3)4)13-16-6-7-17(19)18(20)10-16/h6-7,10,14-15H,5,8-9,11-13H2,1-4H3. The van der Waals surface area contributed by atoms with Crippen LogP contribution in [0.2, 0.25) is 10.0 Å². The molecule has 0 spiro atoms. The minimum Gasteiger partial charge on any atom is -0.373 e. The van der Waals surface area contributed by atoms with Gasteiger partial charge in [0.1, 0.15) is 0 Å². The van der Waals surface area contributed by atoms with Crippen molar-refractivity contribution in [3.8, 4) is 0 Å². The molecule has 9 heteroatoms. The van der Waals surface area contributed by atoms with E-state index in [1.165, 1.54) is 8.61 Å². The Morgan fingerprint density at radius 3 is 2.30 bits per heavy atom. The maximum Gasteiger partial charge on any atom is 0.282 e. The lowest BCUT2D eigenvalue weighted by atomic mass is 10.2. The van der Waals surface area contributed by atoms with Gasteiger partial charge in [0.15, 0.2) is 0 Å². The second-order valence-electron chi connectivity index (χ2n) is 7.32. The van der Waals surface area contributed by atoms with Crippen LogP contribution >= 0.6 is 23.2 Å². The van der Waals surface area contributed by atoms with E-state index in [1.54, 1.807) is 12.1 Å². The first-order valence-electron chi connectivity index (χ1n) is 9.09. The fourth-order valence-corrected chi connectivity index (χ4v) is 5.28. The van der Waals surface area contributed by atoms with Crippen LogP contribution in [0.5, 0.6) is 0 Å². The van der Waals surface area contributed by atoms with Crippen molar-refractivity contribution >= 4 is 33.4 Å². The smallest absolute Gasteiger partial charge is 0.282 e. The van der Waals surface area contributed by atoms with E-state index in [0.29, 0.717) is 29.7 Å². The average molecular weight is 438 g/mol. The third-order valence-electron chi connectivity index (χ3n) is 4.39. The highest BCUT2D eigenvalue weighted by Crippen LogP contribution is 2.25. The third-order valence-corrected chi connectivity index (χ3v) is 7.05. The maximum absolute atomic E-state index is 13.3. The summed E-state index contributed by atoms with van der Waals surface area (Å²) in [6.45, 7) is 6.01. The van der Waals surface area contributed by atoms with Crippen LogP contribution in [0, 0.1) is 0 Å². The molecule has 1 aromatic rings. The number of morpholine rings is 1. The molecule has 2 unspecified atom stereocenters. The predicted molar refractivity (Wildman–Crippen MR) is 111 cm³/mol. The summed E-state index contributed by atoms with van der Waals surface area (Å²) in [5.41, 5.74) is 0.812. The lowest BCUT2D eigenvalue weighted by molar-refractivity contribution is -0.0455. The van der Waals surface area contributed by atoms with Crippen molar-refractivity contribution < 1.29 is 13.2 Å². The first kappa shape index (κ1) is 22.9. The zero-order chi connectivity index (χ0) is 20.2. The van der Waals surface area contributed by atoms with Crippen LogP contribution in [-0.4, -0.2) is 74.4 Å². The summed E-state index contributed by atoms with van der Waals surface area (Å²) in [5.74, 6) is 0. The van der Waals surface area contributed by atoms with Crippen molar-refractivity contribution in [3.63, 3.8) is 0 Å². The van der Waals surface area contributed by atoms with E-state index in [9.17, 15) is 8.42 Å². The molecule has 0 saturated carbocycles. The summed E-state index contributed by atoms with van der Waals surface area (Å²) in [7, 11) is 0.334. The number of halogens is 2. The molecule has 1 saturated heterocycles. The minimum absolute atomic E-state index is 0.128. The first-order chi connectivity index (χ1) is 12.6. The number of hydrogen-bond acceptors (Lipinski definition) is 4. The molecule has 1 aliphatic rings. The lowest BCUT2D eigenvalue weighted by Crippen LogP contribution is -2.53. The van der Waals surface area contributed by atoms with Crippen LogP contribution in [0.15, 0.2) is 18.2 Å². The molecule has 0 bridgehead atoms. The summed E-state index contributed by atoms with van der Waals surface area (Å²) in [6.07, 6.45) is 0.484. The molecule has 1 heterocycles. The van der Waals surface area contributed by atoms with Crippen LogP contribution in [0.1, 0.15) is 25.8 Å². The highest BCUT2D eigenvalue weighted by atomic mass is 35.5. The number of ether oxygens (including phenoxy) is 1. The molecular formula is C18H29Cl2N3O3S. The van der Waals surface area contributed by atoms with Crippen molar-refractivity contribution in [2.75, 3.05) is 40.3 Å². The second kappa shape index (κ2) is 9.87. The van der Waals surface area contributed by atoms with Gasteiger partial charge in [-0.1, -0.05) is 29.3 Å². The van der Waals surface area contributed by atoms with Gasteiger partial charge in [0.25, 0.3) is 10.2 Å². The van der Waals surface area contributed by atoms with Crippen LogP contribution in [0.4, 0.5) is 0 Å². The zero-order valence-electron chi connectivity index (χ0n) is 16.4.